The highest BCUT2D eigenvalue weighted by Gasteiger charge is 2.12. The largest absolute Gasteiger partial charge is 0.256 e. The van der Waals surface area contributed by atoms with E-state index >= 15 is 0 Å². The lowest BCUT2D eigenvalue weighted by Gasteiger charge is -2.18. The lowest BCUT2D eigenvalue weighted by molar-refractivity contribution is 0.411. The number of hydrogen-bond donors (Lipinski definition) is 0. The maximum atomic E-state index is 12.9. The van der Waals surface area contributed by atoms with Gasteiger partial charge in [-0.15, -0.1) is 0 Å². The average molecular weight is 245 g/mol. The first-order valence-corrected chi connectivity index (χ1v) is 5.94. The fourth-order valence-electron chi connectivity index (χ4n) is 1.72. The maximum Gasteiger partial charge on any atom is 0.123 e. The summed E-state index contributed by atoms with van der Waals surface area (Å²) >= 11 is 0. The highest BCUT2D eigenvalue weighted by atomic mass is 19.1. The van der Waals surface area contributed by atoms with Gasteiger partial charge in [-0.1, -0.05) is 20.8 Å². The van der Waals surface area contributed by atoms with Crippen LogP contribution in [0.15, 0.2) is 42.6 Å². The lowest BCUT2D eigenvalue weighted by atomic mass is 9.88. The van der Waals surface area contributed by atoms with Crippen LogP contribution in [0.3, 0.4) is 0 Å². The number of aromatic nitrogens is 1. The van der Waals surface area contributed by atoms with E-state index in [9.17, 15) is 4.39 Å². The van der Waals surface area contributed by atoms with E-state index in [0.29, 0.717) is 11.3 Å². The Morgan fingerprint density at radius 3 is 2.44 bits per heavy atom. The molecule has 0 saturated heterocycles. The van der Waals surface area contributed by atoms with Crippen molar-refractivity contribution in [3.05, 3.63) is 54.0 Å². The summed E-state index contributed by atoms with van der Waals surface area (Å²) in [7, 11) is 0. The van der Waals surface area contributed by atoms with Gasteiger partial charge in [-0.05, 0) is 53.7 Å². The van der Waals surface area contributed by atoms with Crippen LogP contribution in [-0.2, 0) is 6.37 Å². The van der Waals surface area contributed by atoms with Crippen LogP contribution >= 0.6 is 0 Å². The first-order valence-electron chi connectivity index (χ1n) is 6.94. The van der Waals surface area contributed by atoms with Crippen LogP contribution in [0.2, 0.25) is 0 Å². The third-order valence-electron chi connectivity index (χ3n) is 2.42. The zero-order valence-corrected chi connectivity index (χ0v) is 10.9. The van der Waals surface area contributed by atoms with Crippen molar-refractivity contribution in [2.24, 2.45) is 5.41 Å². The Morgan fingerprint density at radius 1 is 1.17 bits per heavy atom. The van der Waals surface area contributed by atoms with Gasteiger partial charge in [0, 0.05) is 14.5 Å². The Hall–Kier alpha value is -1.70. The molecule has 1 aromatic heterocycles. The second kappa shape index (κ2) is 4.89. The predicted octanol–water partition coefficient (Wildman–Crippen LogP) is 4.48. The first-order chi connectivity index (χ1) is 9.22. The second-order valence-electron chi connectivity index (χ2n) is 5.31. The molecule has 0 saturated carbocycles. The van der Waals surface area contributed by atoms with Gasteiger partial charge in [-0.25, -0.2) is 4.39 Å². The number of benzene rings is 1. The monoisotopic (exact) mass is 245 g/mol. The number of nitrogens with zero attached hydrogens (tertiary/aromatic N) is 1. The van der Waals surface area contributed by atoms with Crippen LogP contribution in [0.1, 0.15) is 29.1 Å². The molecule has 0 atom stereocenters. The molecule has 0 bridgehead atoms. The van der Waals surface area contributed by atoms with Crippen LogP contribution in [0, 0.1) is 11.2 Å². The van der Waals surface area contributed by atoms with Crippen LogP contribution in [0.5, 0.6) is 0 Å². The van der Waals surface area contributed by atoms with E-state index in [1.165, 1.54) is 12.1 Å². The predicted molar refractivity (Wildman–Crippen MR) is 72.8 cm³/mol. The summed E-state index contributed by atoms with van der Waals surface area (Å²) in [5.41, 5.74) is 1.49. The Labute approximate surface area is 111 Å². The SMILES string of the molecule is [2H]C([2H])(c1ccnc(-c2ccc(F)cc2)c1)C(C)(C)C. The summed E-state index contributed by atoms with van der Waals surface area (Å²) in [4.78, 5) is 4.25. The molecule has 0 amide bonds. The molecule has 0 aliphatic heterocycles. The minimum atomic E-state index is -1.47. The van der Waals surface area contributed by atoms with Crippen LogP contribution in [0.4, 0.5) is 4.39 Å². The maximum absolute atomic E-state index is 12.9. The number of pyridine rings is 1. The van der Waals surface area contributed by atoms with Crippen LogP contribution < -0.4 is 0 Å². The quantitative estimate of drug-likeness (QED) is 0.760. The number of halogens is 1. The molecule has 2 rings (SSSR count). The minimum absolute atomic E-state index is 0.296. The normalized spacial score (nSPS) is 14.0. The van der Waals surface area contributed by atoms with Crippen molar-refractivity contribution in [2.45, 2.75) is 27.1 Å². The molecule has 0 aliphatic rings. The molecule has 1 nitrogen and oxygen atoms in total. The standard InChI is InChI=1S/C16H18FN/c1-16(2,3)11-12-8-9-18-15(10-12)13-4-6-14(17)7-5-13/h4-10H,11H2,1-3H3/i11D2. The van der Waals surface area contributed by atoms with Crippen LogP contribution in [-0.4, -0.2) is 4.98 Å². The van der Waals surface area contributed by atoms with Crippen molar-refractivity contribution in [2.75, 3.05) is 0 Å². The Morgan fingerprint density at radius 2 is 1.83 bits per heavy atom. The van der Waals surface area contributed by atoms with Gasteiger partial charge in [-0.2, -0.15) is 0 Å². The molecule has 2 aromatic rings. The molecule has 1 heterocycles. The number of hydrogen-bond acceptors (Lipinski definition) is 1. The summed E-state index contributed by atoms with van der Waals surface area (Å²) in [6.45, 7) is 5.60. The highest BCUT2D eigenvalue weighted by molar-refractivity contribution is 5.59. The molecular weight excluding hydrogens is 225 g/mol. The van der Waals surface area contributed by atoms with Crippen LogP contribution in [0.25, 0.3) is 11.3 Å². The van der Waals surface area contributed by atoms with Crippen molar-refractivity contribution in [1.29, 1.82) is 0 Å². The molecule has 18 heavy (non-hydrogen) atoms. The molecule has 0 fully saturated rings. The van der Waals surface area contributed by atoms with Crippen molar-refractivity contribution >= 4 is 0 Å². The topological polar surface area (TPSA) is 12.9 Å². The van der Waals surface area contributed by atoms with Gasteiger partial charge in [0.1, 0.15) is 5.82 Å². The van der Waals surface area contributed by atoms with E-state index in [4.69, 9.17) is 2.74 Å². The van der Waals surface area contributed by atoms with E-state index in [1.807, 2.05) is 20.8 Å². The van der Waals surface area contributed by atoms with E-state index in [2.05, 4.69) is 4.98 Å². The van der Waals surface area contributed by atoms with E-state index < -0.39 is 11.8 Å². The summed E-state index contributed by atoms with van der Waals surface area (Å²) in [5.74, 6) is -0.296. The van der Waals surface area contributed by atoms with Gasteiger partial charge >= 0.3 is 0 Å². The van der Waals surface area contributed by atoms with Gasteiger partial charge in [0.25, 0.3) is 0 Å². The van der Waals surface area contributed by atoms with Gasteiger partial charge in [0.15, 0.2) is 0 Å². The van der Waals surface area contributed by atoms with E-state index in [0.717, 1.165) is 5.56 Å². The summed E-state index contributed by atoms with van der Waals surface area (Å²) in [6.07, 6.45) is 0.127. The zero-order valence-electron chi connectivity index (χ0n) is 12.9. The fourth-order valence-corrected chi connectivity index (χ4v) is 1.72. The molecule has 94 valence electrons. The average Bonchev–Trinajstić information content (AvgIpc) is 2.38. The smallest absolute Gasteiger partial charge is 0.123 e. The van der Waals surface area contributed by atoms with Gasteiger partial charge in [0.2, 0.25) is 0 Å². The third kappa shape index (κ3) is 3.39. The molecule has 0 spiro atoms. The van der Waals surface area contributed by atoms with Crippen molar-refractivity contribution in [3.8, 4) is 11.3 Å². The molecule has 0 unspecified atom stereocenters. The molecule has 0 N–H and O–H groups in total. The van der Waals surface area contributed by atoms with Crippen molar-refractivity contribution in [3.63, 3.8) is 0 Å². The summed E-state index contributed by atoms with van der Waals surface area (Å²) in [5, 5.41) is 0. The van der Waals surface area contributed by atoms with Gasteiger partial charge in [0.05, 0.1) is 5.69 Å². The molecule has 0 aliphatic carbocycles. The molecule has 0 radical (unpaired) electrons. The first kappa shape index (κ1) is 10.2. The van der Waals surface area contributed by atoms with Crippen molar-refractivity contribution in [1.82, 2.24) is 4.98 Å². The van der Waals surface area contributed by atoms with Gasteiger partial charge < -0.3 is 0 Å². The Bertz CT molecular complexity index is 601. The fraction of sp³-hybridized carbons (Fsp3) is 0.312. The minimum Gasteiger partial charge on any atom is -0.256 e. The Balaban J connectivity index is 2.45. The third-order valence-corrected chi connectivity index (χ3v) is 2.42. The highest BCUT2D eigenvalue weighted by Crippen LogP contribution is 2.23. The molecular formula is C16H18FN. The summed E-state index contributed by atoms with van der Waals surface area (Å²) < 4.78 is 29.5. The van der Waals surface area contributed by atoms with E-state index in [1.54, 1.807) is 30.5 Å². The van der Waals surface area contributed by atoms with E-state index in [-0.39, 0.29) is 5.82 Å². The summed E-state index contributed by atoms with van der Waals surface area (Å²) in [6, 6.07) is 9.48. The Kier molecular flexibility index (Phi) is 2.78. The molecule has 2 heteroatoms. The number of rotatable bonds is 2. The second-order valence-corrected chi connectivity index (χ2v) is 5.31. The van der Waals surface area contributed by atoms with Crippen molar-refractivity contribution < 1.29 is 7.13 Å². The lowest BCUT2D eigenvalue weighted by Crippen LogP contribution is -2.09. The van der Waals surface area contributed by atoms with Gasteiger partial charge in [-0.3, -0.25) is 4.98 Å². The zero-order chi connectivity index (χ0) is 15.0. The molecule has 1 aromatic carbocycles.